The number of aromatic nitrogens is 1. The van der Waals surface area contributed by atoms with Crippen LogP contribution in [0.5, 0.6) is 0 Å². The molecule has 5 nitrogen and oxygen atoms in total. The SMILES string of the molecule is CCNC(=NCC(C)(C)CN(C)C)NCCc1c[nH]c2cc(F)ccc12.I. The second kappa shape index (κ2) is 10.8. The Morgan fingerprint density at radius 1 is 1.26 bits per heavy atom. The van der Waals surface area contributed by atoms with Gasteiger partial charge >= 0.3 is 0 Å². The van der Waals surface area contributed by atoms with E-state index < -0.39 is 0 Å². The highest BCUT2D eigenvalue weighted by molar-refractivity contribution is 14.0. The van der Waals surface area contributed by atoms with Crippen molar-refractivity contribution in [3.8, 4) is 0 Å². The van der Waals surface area contributed by atoms with Crippen LogP contribution in [0.25, 0.3) is 10.9 Å². The Bertz CT molecular complexity index is 739. The van der Waals surface area contributed by atoms with Crippen LogP contribution in [0.1, 0.15) is 26.3 Å². The first kappa shape index (κ1) is 23.7. The quantitative estimate of drug-likeness (QED) is 0.302. The summed E-state index contributed by atoms with van der Waals surface area (Å²) in [6.07, 6.45) is 2.80. The Hall–Kier alpha value is -1.35. The number of fused-ring (bicyclic) bond motifs is 1. The molecular formula is C20H33FIN5. The fraction of sp³-hybridized carbons (Fsp3) is 0.550. The smallest absolute Gasteiger partial charge is 0.191 e. The fourth-order valence-corrected chi connectivity index (χ4v) is 3.22. The maximum atomic E-state index is 13.3. The Morgan fingerprint density at radius 3 is 2.67 bits per heavy atom. The molecule has 152 valence electrons. The molecule has 3 N–H and O–H groups in total. The van der Waals surface area contributed by atoms with Crippen molar-refractivity contribution in [3.05, 3.63) is 35.8 Å². The number of aromatic amines is 1. The number of benzene rings is 1. The highest BCUT2D eigenvalue weighted by Gasteiger charge is 2.18. The summed E-state index contributed by atoms with van der Waals surface area (Å²) in [5, 5.41) is 7.77. The molecule has 0 aliphatic heterocycles. The molecule has 0 saturated heterocycles. The largest absolute Gasteiger partial charge is 0.361 e. The van der Waals surface area contributed by atoms with E-state index in [4.69, 9.17) is 4.99 Å². The van der Waals surface area contributed by atoms with Gasteiger partial charge in [-0.25, -0.2) is 4.39 Å². The Morgan fingerprint density at radius 2 is 2.00 bits per heavy atom. The molecular weight excluding hydrogens is 456 g/mol. The minimum absolute atomic E-state index is 0. The van der Waals surface area contributed by atoms with Gasteiger partial charge in [-0.3, -0.25) is 4.99 Å². The van der Waals surface area contributed by atoms with Gasteiger partial charge in [0.25, 0.3) is 0 Å². The van der Waals surface area contributed by atoms with Gasteiger partial charge in [-0.05, 0) is 56.6 Å². The molecule has 0 spiro atoms. The van der Waals surface area contributed by atoms with Crippen molar-refractivity contribution in [1.82, 2.24) is 20.5 Å². The zero-order valence-electron chi connectivity index (χ0n) is 17.0. The van der Waals surface area contributed by atoms with Crippen molar-refractivity contribution in [2.24, 2.45) is 10.4 Å². The summed E-state index contributed by atoms with van der Waals surface area (Å²) >= 11 is 0. The third-order valence-electron chi connectivity index (χ3n) is 4.17. The van der Waals surface area contributed by atoms with E-state index in [-0.39, 0.29) is 35.2 Å². The highest BCUT2D eigenvalue weighted by atomic mass is 127. The van der Waals surface area contributed by atoms with Crippen LogP contribution in [0.2, 0.25) is 0 Å². The predicted octanol–water partition coefficient (Wildman–Crippen LogP) is 3.61. The summed E-state index contributed by atoms with van der Waals surface area (Å²) in [6.45, 7) is 9.86. The average Bonchev–Trinajstić information content (AvgIpc) is 2.93. The molecule has 0 unspecified atom stereocenters. The van der Waals surface area contributed by atoms with Crippen LogP contribution in [0, 0.1) is 11.2 Å². The molecule has 1 heterocycles. The molecule has 0 amide bonds. The summed E-state index contributed by atoms with van der Waals surface area (Å²) in [7, 11) is 4.17. The van der Waals surface area contributed by atoms with Gasteiger partial charge in [0, 0.05) is 43.3 Å². The maximum absolute atomic E-state index is 13.3. The fourth-order valence-electron chi connectivity index (χ4n) is 3.22. The summed E-state index contributed by atoms with van der Waals surface area (Å²) in [4.78, 5) is 10.1. The lowest BCUT2D eigenvalue weighted by Crippen LogP contribution is -2.40. The Balaban J connectivity index is 0.00000364. The molecule has 2 aromatic rings. The van der Waals surface area contributed by atoms with Crippen molar-refractivity contribution in [2.45, 2.75) is 27.2 Å². The molecule has 0 saturated carbocycles. The summed E-state index contributed by atoms with van der Waals surface area (Å²) in [5.41, 5.74) is 2.13. The number of hydrogen-bond acceptors (Lipinski definition) is 2. The van der Waals surface area contributed by atoms with Gasteiger partial charge in [-0.15, -0.1) is 24.0 Å². The number of guanidine groups is 1. The number of rotatable bonds is 8. The van der Waals surface area contributed by atoms with Gasteiger partial charge in [0.15, 0.2) is 5.96 Å². The third kappa shape index (κ3) is 7.65. The van der Waals surface area contributed by atoms with Crippen LogP contribution < -0.4 is 10.6 Å². The van der Waals surface area contributed by atoms with Crippen LogP contribution >= 0.6 is 24.0 Å². The number of nitrogens with one attached hydrogen (secondary N) is 3. The van der Waals surface area contributed by atoms with E-state index in [1.54, 1.807) is 0 Å². The molecule has 1 aromatic carbocycles. The normalized spacial score (nSPS) is 12.3. The number of halogens is 2. The molecule has 1 aromatic heterocycles. The van der Waals surface area contributed by atoms with E-state index in [1.165, 1.54) is 17.7 Å². The Labute approximate surface area is 179 Å². The highest BCUT2D eigenvalue weighted by Crippen LogP contribution is 2.19. The summed E-state index contributed by atoms with van der Waals surface area (Å²) in [6, 6.07) is 4.87. The van der Waals surface area contributed by atoms with Gasteiger partial charge in [0.1, 0.15) is 5.82 Å². The van der Waals surface area contributed by atoms with E-state index in [0.29, 0.717) is 0 Å². The Kier molecular flexibility index (Phi) is 9.52. The molecule has 7 heteroatoms. The minimum atomic E-state index is -0.217. The van der Waals surface area contributed by atoms with Crippen molar-refractivity contribution in [1.29, 1.82) is 0 Å². The van der Waals surface area contributed by atoms with Crippen molar-refractivity contribution in [2.75, 3.05) is 40.3 Å². The second-order valence-corrected chi connectivity index (χ2v) is 7.78. The first-order valence-electron chi connectivity index (χ1n) is 9.23. The van der Waals surface area contributed by atoms with E-state index in [2.05, 4.69) is 55.4 Å². The van der Waals surface area contributed by atoms with Gasteiger partial charge in [-0.1, -0.05) is 13.8 Å². The van der Waals surface area contributed by atoms with E-state index in [0.717, 1.165) is 49.5 Å². The van der Waals surface area contributed by atoms with Gasteiger partial charge in [-0.2, -0.15) is 0 Å². The second-order valence-electron chi connectivity index (χ2n) is 7.78. The molecule has 2 rings (SSSR count). The lowest BCUT2D eigenvalue weighted by molar-refractivity contribution is 0.248. The molecule has 27 heavy (non-hydrogen) atoms. The molecule has 0 atom stereocenters. The van der Waals surface area contributed by atoms with Crippen LogP contribution in [0.15, 0.2) is 29.4 Å². The van der Waals surface area contributed by atoms with Crippen LogP contribution in [0.3, 0.4) is 0 Å². The topological polar surface area (TPSA) is 55.5 Å². The molecule has 0 bridgehead atoms. The van der Waals surface area contributed by atoms with Gasteiger partial charge in [0.2, 0.25) is 0 Å². The monoisotopic (exact) mass is 489 g/mol. The number of aliphatic imine (C=N–C) groups is 1. The minimum Gasteiger partial charge on any atom is -0.361 e. The van der Waals surface area contributed by atoms with Gasteiger partial charge < -0.3 is 20.5 Å². The van der Waals surface area contributed by atoms with Crippen LogP contribution in [0.4, 0.5) is 4.39 Å². The van der Waals surface area contributed by atoms with E-state index in [1.807, 2.05) is 12.3 Å². The van der Waals surface area contributed by atoms with Crippen molar-refractivity contribution in [3.63, 3.8) is 0 Å². The van der Waals surface area contributed by atoms with Gasteiger partial charge in [0.05, 0.1) is 0 Å². The van der Waals surface area contributed by atoms with E-state index in [9.17, 15) is 4.39 Å². The third-order valence-corrected chi connectivity index (χ3v) is 4.17. The standard InChI is InChI=1S/C20H32FN5.HI/c1-6-22-19(25-13-20(2,3)14-26(4)5)23-10-9-15-12-24-18-11-16(21)7-8-17(15)18;/h7-8,11-12,24H,6,9-10,13-14H2,1-5H3,(H2,22,23,25);1H. The molecule has 0 aliphatic carbocycles. The number of hydrogen-bond donors (Lipinski definition) is 3. The molecule has 0 radical (unpaired) electrons. The van der Waals surface area contributed by atoms with Crippen LogP contribution in [-0.2, 0) is 6.42 Å². The summed E-state index contributed by atoms with van der Waals surface area (Å²) in [5.74, 6) is 0.621. The van der Waals surface area contributed by atoms with Crippen LogP contribution in [-0.4, -0.2) is 56.1 Å². The number of nitrogens with zero attached hydrogens (tertiary/aromatic N) is 2. The average molecular weight is 489 g/mol. The molecule has 0 fully saturated rings. The first-order valence-corrected chi connectivity index (χ1v) is 9.23. The van der Waals surface area contributed by atoms with E-state index >= 15 is 0 Å². The zero-order valence-corrected chi connectivity index (χ0v) is 19.4. The lowest BCUT2D eigenvalue weighted by Gasteiger charge is -2.26. The zero-order chi connectivity index (χ0) is 19.2. The van der Waals surface area contributed by atoms with Crippen molar-refractivity contribution < 1.29 is 4.39 Å². The maximum Gasteiger partial charge on any atom is 0.191 e. The lowest BCUT2D eigenvalue weighted by atomic mass is 9.93. The predicted molar refractivity (Wildman–Crippen MR) is 124 cm³/mol. The van der Waals surface area contributed by atoms with Crippen molar-refractivity contribution >= 4 is 40.8 Å². The number of H-pyrrole nitrogens is 1. The summed E-state index contributed by atoms with van der Waals surface area (Å²) < 4.78 is 13.3. The first-order chi connectivity index (χ1) is 12.3. The molecule has 0 aliphatic rings.